The molecule has 0 N–H and O–H groups in total. The van der Waals surface area contributed by atoms with E-state index < -0.39 is 0 Å². The van der Waals surface area contributed by atoms with Gasteiger partial charge < -0.3 is 33.2 Å². The van der Waals surface area contributed by atoms with Crippen molar-refractivity contribution in [3.8, 4) is 0 Å². The van der Waals surface area contributed by atoms with Crippen LogP contribution in [0.4, 0.5) is 0 Å². The lowest BCUT2D eigenvalue weighted by atomic mass is 10.0. The van der Waals surface area contributed by atoms with Gasteiger partial charge in [0.2, 0.25) is 0 Å². The van der Waals surface area contributed by atoms with Crippen LogP contribution in [0.5, 0.6) is 0 Å². The fraction of sp³-hybridized carbons (Fsp3) is 0.895. The average Bonchev–Trinajstić information content (AvgIpc) is 3.05. The molecule has 0 saturated carbocycles. The predicted molar refractivity (Wildman–Crippen MR) is 187 cm³/mol. The van der Waals surface area contributed by atoms with Crippen LogP contribution in [0.25, 0.3) is 0 Å². The lowest BCUT2D eigenvalue weighted by molar-refractivity contribution is -0.166. The molecule has 0 heterocycles. The number of ether oxygens (including phenoxy) is 7. The summed E-state index contributed by atoms with van der Waals surface area (Å²) in [7, 11) is 6.89. The van der Waals surface area contributed by atoms with Gasteiger partial charge in [-0.3, -0.25) is 0 Å². The van der Waals surface area contributed by atoms with Crippen molar-refractivity contribution < 1.29 is 33.2 Å². The molecule has 0 amide bonds. The fourth-order valence-corrected chi connectivity index (χ4v) is 5.67. The van der Waals surface area contributed by atoms with Gasteiger partial charge in [-0.2, -0.15) is 0 Å². The molecule has 0 aliphatic rings. The van der Waals surface area contributed by atoms with E-state index >= 15 is 0 Å². The Morgan fingerprint density at radius 2 is 0.733 bits per heavy atom. The zero-order chi connectivity index (χ0) is 33.4. The number of hydrogen-bond donors (Lipinski definition) is 0. The van der Waals surface area contributed by atoms with Crippen LogP contribution in [0.2, 0.25) is 0 Å². The second-order valence-corrected chi connectivity index (χ2v) is 12.2. The van der Waals surface area contributed by atoms with Gasteiger partial charge in [-0.05, 0) is 25.7 Å². The Bertz CT molecular complexity index is 648. The summed E-state index contributed by atoms with van der Waals surface area (Å²) >= 11 is 0. The van der Waals surface area contributed by atoms with Crippen LogP contribution in [0.1, 0.15) is 169 Å². The maximum Gasteiger partial charge on any atom is 0.162 e. The van der Waals surface area contributed by atoms with Crippen molar-refractivity contribution in [2.75, 3.05) is 42.0 Å². The number of unbranched alkanes of at least 4 members (excludes halogenated alkanes) is 14. The molecule has 0 radical (unpaired) electrons. The normalized spacial score (nSPS) is 14.0. The van der Waals surface area contributed by atoms with Crippen molar-refractivity contribution in [2.45, 2.75) is 181 Å². The van der Waals surface area contributed by atoms with Crippen LogP contribution in [-0.2, 0) is 33.2 Å². The SMILES string of the molecule is CCCCCCCCC(OCOCOC(CCCCCCCC)C(OC)=C(CCCCC)OC)C(OC)=C(CCCCC)OC. The molecule has 0 spiro atoms. The zero-order valence-corrected chi connectivity index (χ0v) is 31.0. The highest BCUT2D eigenvalue weighted by molar-refractivity contribution is 5.08. The van der Waals surface area contributed by atoms with Gasteiger partial charge in [-0.25, -0.2) is 0 Å². The Kier molecular flexibility index (Phi) is 31.5. The summed E-state index contributed by atoms with van der Waals surface area (Å²) in [6.45, 7) is 9.15. The van der Waals surface area contributed by atoms with E-state index in [-0.39, 0.29) is 25.8 Å². The van der Waals surface area contributed by atoms with Gasteiger partial charge in [0.05, 0.1) is 28.4 Å². The van der Waals surface area contributed by atoms with Crippen LogP contribution in [-0.4, -0.2) is 54.2 Å². The predicted octanol–water partition coefficient (Wildman–Crippen LogP) is 11.4. The first-order valence-electron chi connectivity index (χ1n) is 18.5. The molecule has 0 aliphatic heterocycles. The van der Waals surface area contributed by atoms with E-state index in [4.69, 9.17) is 33.2 Å². The second-order valence-electron chi connectivity index (χ2n) is 12.2. The molecule has 2 unspecified atom stereocenters. The highest BCUT2D eigenvalue weighted by Crippen LogP contribution is 2.26. The van der Waals surface area contributed by atoms with E-state index in [2.05, 4.69) is 27.7 Å². The fourth-order valence-electron chi connectivity index (χ4n) is 5.67. The second kappa shape index (κ2) is 32.5. The Balaban J connectivity index is 5.44. The summed E-state index contributed by atoms with van der Waals surface area (Å²) in [6, 6.07) is 0. The molecular weight excluding hydrogens is 568 g/mol. The smallest absolute Gasteiger partial charge is 0.162 e. The van der Waals surface area contributed by atoms with Crippen LogP contribution in [0.15, 0.2) is 23.0 Å². The first-order chi connectivity index (χ1) is 22.1. The Labute approximate surface area is 279 Å². The van der Waals surface area contributed by atoms with Gasteiger partial charge in [0.1, 0.15) is 23.7 Å². The summed E-state index contributed by atoms with van der Waals surface area (Å²) in [5, 5.41) is 0. The van der Waals surface area contributed by atoms with Gasteiger partial charge >= 0.3 is 0 Å². The van der Waals surface area contributed by atoms with Crippen LogP contribution in [0, 0.1) is 0 Å². The minimum absolute atomic E-state index is 0.114. The van der Waals surface area contributed by atoms with E-state index in [1.165, 1.54) is 64.2 Å². The molecule has 0 aromatic carbocycles. The van der Waals surface area contributed by atoms with Gasteiger partial charge in [-0.1, -0.05) is 130 Å². The molecule has 0 aromatic heterocycles. The molecule has 0 aromatic rings. The molecule has 0 saturated heterocycles. The molecule has 7 heteroatoms. The van der Waals surface area contributed by atoms with Crippen LogP contribution >= 0.6 is 0 Å². The summed E-state index contributed by atoms with van der Waals surface area (Å²) in [4.78, 5) is 0. The third-order valence-corrected chi connectivity index (χ3v) is 8.43. The van der Waals surface area contributed by atoms with Crippen LogP contribution in [0.3, 0.4) is 0 Å². The average molecular weight is 643 g/mol. The van der Waals surface area contributed by atoms with E-state index in [1.807, 2.05) is 0 Å². The minimum atomic E-state index is -0.218. The molecular formula is C38H74O7. The first kappa shape index (κ1) is 43.6. The number of allylic oxidation sites excluding steroid dienone is 2. The Morgan fingerprint density at radius 3 is 1.07 bits per heavy atom. The summed E-state index contributed by atoms with van der Waals surface area (Å²) < 4.78 is 42.0. The third kappa shape index (κ3) is 21.9. The molecule has 268 valence electrons. The minimum Gasteiger partial charge on any atom is -0.497 e. The zero-order valence-electron chi connectivity index (χ0n) is 31.0. The van der Waals surface area contributed by atoms with Crippen molar-refractivity contribution in [1.29, 1.82) is 0 Å². The van der Waals surface area contributed by atoms with E-state index in [9.17, 15) is 0 Å². The van der Waals surface area contributed by atoms with Crippen molar-refractivity contribution in [3.05, 3.63) is 23.0 Å². The molecule has 2 atom stereocenters. The molecule has 0 fully saturated rings. The molecule has 7 nitrogen and oxygen atoms in total. The van der Waals surface area contributed by atoms with Crippen molar-refractivity contribution in [3.63, 3.8) is 0 Å². The molecule has 45 heavy (non-hydrogen) atoms. The van der Waals surface area contributed by atoms with Crippen molar-refractivity contribution in [1.82, 2.24) is 0 Å². The van der Waals surface area contributed by atoms with Gasteiger partial charge in [0.15, 0.2) is 25.1 Å². The maximum atomic E-state index is 6.32. The van der Waals surface area contributed by atoms with Crippen molar-refractivity contribution >= 4 is 0 Å². The number of hydrogen-bond acceptors (Lipinski definition) is 7. The quantitative estimate of drug-likeness (QED) is 0.0393. The van der Waals surface area contributed by atoms with E-state index in [0.29, 0.717) is 0 Å². The topological polar surface area (TPSA) is 64.6 Å². The van der Waals surface area contributed by atoms with Gasteiger partial charge in [0, 0.05) is 12.8 Å². The first-order valence-corrected chi connectivity index (χ1v) is 18.5. The number of rotatable bonds is 34. The molecule has 0 aliphatic carbocycles. The summed E-state index contributed by atoms with van der Waals surface area (Å²) in [6.07, 6.45) is 24.5. The maximum absolute atomic E-state index is 6.32. The largest absolute Gasteiger partial charge is 0.497 e. The Morgan fingerprint density at radius 1 is 0.400 bits per heavy atom. The van der Waals surface area contributed by atoms with Crippen molar-refractivity contribution in [2.24, 2.45) is 0 Å². The molecule has 0 rings (SSSR count). The molecule has 0 bridgehead atoms. The summed E-state index contributed by atoms with van der Waals surface area (Å²) in [5.74, 6) is 3.33. The standard InChI is InChI=1S/C38H74O7/c1-9-13-17-19-21-25-29-35(37(41-7)33(39-5)27-23-15-11-3)44-31-43-32-45-36(30-26-22-20-18-14-10-2)38(42-8)34(40-6)28-24-16-12-4/h35-36H,9-32H2,1-8H3. The highest BCUT2D eigenvalue weighted by atomic mass is 16.7. The Hall–Kier alpha value is -1.44. The van der Waals surface area contributed by atoms with Gasteiger partial charge in [-0.15, -0.1) is 0 Å². The lowest BCUT2D eigenvalue weighted by Crippen LogP contribution is -2.24. The van der Waals surface area contributed by atoms with E-state index in [1.54, 1.807) is 28.4 Å². The van der Waals surface area contributed by atoms with Gasteiger partial charge in [0.25, 0.3) is 0 Å². The summed E-state index contributed by atoms with van der Waals surface area (Å²) in [5.41, 5.74) is 0. The highest BCUT2D eigenvalue weighted by Gasteiger charge is 2.23. The lowest BCUT2D eigenvalue weighted by Gasteiger charge is -2.24. The monoisotopic (exact) mass is 643 g/mol. The van der Waals surface area contributed by atoms with E-state index in [0.717, 1.165) is 100 Å². The third-order valence-electron chi connectivity index (χ3n) is 8.43. The number of methoxy groups -OCH3 is 4. The van der Waals surface area contributed by atoms with Crippen LogP contribution < -0.4 is 0 Å².